The molecule has 3 rings (SSSR count). The van der Waals surface area contributed by atoms with E-state index in [1.54, 1.807) is 30.3 Å². The van der Waals surface area contributed by atoms with Crippen LogP contribution in [0.25, 0.3) is 6.08 Å². The Hall–Kier alpha value is -4.54. The Morgan fingerprint density at radius 1 is 0.974 bits per heavy atom. The van der Waals surface area contributed by atoms with Gasteiger partial charge in [0.2, 0.25) is 0 Å². The number of anilines is 2. The van der Waals surface area contributed by atoms with Crippen molar-refractivity contribution >= 4 is 29.4 Å². The van der Waals surface area contributed by atoms with Gasteiger partial charge in [-0.05, 0) is 78.9 Å². The summed E-state index contributed by atoms with van der Waals surface area (Å²) in [5.74, 6) is -3.02. The molecule has 0 aliphatic carbocycles. The van der Waals surface area contributed by atoms with Crippen LogP contribution in [0.3, 0.4) is 0 Å². The van der Waals surface area contributed by atoms with Gasteiger partial charge in [-0.25, -0.2) is 14.0 Å². The Bertz CT molecular complexity index is 1360. The number of nitrogen functional groups attached to an aromatic ring is 2. The summed E-state index contributed by atoms with van der Waals surface area (Å²) >= 11 is 0. The van der Waals surface area contributed by atoms with E-state index >= 15 is 0 Å². The van der Waals surface area contributed by atoms with Crippen LogP contribution < -0.4 is 20.9 Å². The second-order valence-corrected chi connectivity index (χ2v) is 8.60. The first-order valence-corrected chi connectivity index (χ1v) is 11.8. The number of aryl methyl sites for hydroxylation is 1. The van der Waals surface area contributed by atoms with E-state index in [9.17, 15) is 32.3 Å². The summed E-state index contributed by atoms with van der Waals surface area (Å²) in [5.41, 5.74) is 14.0. The summed E-state index contributed by atoms with van der Waals surface area (Å²) in [6.07, 6.45) is -3.60. The van der Waals surface area contributed by atoms with E-state index in [1.165, 1.54) is 24.3 Å². The molecule has 0 fully saturated rings. The van der Waals surface area contributed by atoms with Gasteiger partial charge in [0, 0.05) is 23.4 Å². The number of nitrogens with two attached hydrogens (primary N) is 2. The first-order chi connectivity index (χ1) is 18.4. The number of benzene rings is 3. The number of carboxylic acids is 1. The minimum atomic E-state index is -4.32. The van der Waals surface area contributed by atoms with E-state index in [2.05, 4.69) is 0 Å². The monoisotopic (exact) mass is 546 g/mol. The van der Waals surface area contributed by atoms with Gasteiger partial charge in [0.15, 0.2) is 11.6 Å². The molecule has 3 aromatic carbocycles. The molecule has 206 valence electrons. The van der Waals surface area contributed by atoms with Crippen LogP contribution in [0.5, 0.6) is 11.5 Å². The molecule has 39 heavy (non-hydrogen) atoms. The number of carbonyl (C=O) groups is 2. The Morgan fingerprint density at radius 2 is 1.69 bits per heavy atom. The largest absolute Gasteiger partial charge is 0.491 e. The van der Waals surface area contributed by atoms with Crippen molar-refractivity contribution in [2.45, 2.75) is 31.9 Å². The summed E-state index contributed by atoms with van der Waals surface area (Å²) in [5, 5.41) is 9.59. The van der Waals surface area contributed by atoms with Gasteiger partial charge in [-0.15, -0.1) is 0 Å². The standard InChI is InChI=1S/C28H26F4N2O5/c29-23-15-20(7-11-25(23)38-13-1-12-28(30,31)32)27(37)39-22-9-2-17(3-10-22)14-19(26(35)36)5-4-18-6-8-21(33)16-24(18)34/h2-3,6-11,14-16H,1,4-5,12-13,33-34H2,(H,35,36). The molecule has 0 heterocycles. The van der Waals surface area contributed by atoms with Crippen LogP contribution in [0, 0.1) is 5.82 Å². The molecule has 0 amide bonds. The van der Waals surface area contributed by atoms with E-state index in [4.69, 9.17) is 20.9 Å². The predicted molar refractivity (Wildman–Crippen MR) is 138 cm³/mol. The molecular weight excluding hydrogens is 520 g/mol. The molecule has 0 saturated carbocycles. The van der Waals surface area contributed by atoms with Gasteiger partial charge in [-0.2, -0.15) is 13.2 Å². The van der Waals surface area contributed by atoms with Crippen LogP contribution >= 0.6 is 0 Å². The molecule has 0 spiro atoms. The van der Waals surface area contributed by atoms with Crippen molar-refractivity contribution < 1.29 is 41.7 Å². The topological polar surface area (TPSA) is 125 Å². The third kappa shape index (κ3) is 9.06. The molecule has 11 heteroatoms. The maximum Gasteiger partial charge on any atom is 0.389 e. The number of aliphatic carboxylic acids is 1. The van der Waals surface area contributed by atoms with Crippen LogP contribution in [0.15, 0.2) is 66.2 Å². The van der Waals surface area contributed by atoms with Crippen LogP contribution in [0.4, 0.5) is 28.9 Å². The predicted octanol–water partition coefficient (Wildman–Crippen LogP) is 6.03. The maximum atomic E-state index is 14.2. The van der Waals surface area contributed by atoms with E-state index in [0.29, 0.717) is 23.4 Å². The zero-order chi connectivity index (χ0) is 28.6. The lowest BCUT2D eigenvalue weighted by atomic mass is 10.0. The molecule has 7 nitrogen and oxygen atoms in total. The van der Waals surface area contributed by atoms with Gasteiger partial charge < -0.3 is 26.0 Å². The number of carboxylic acid groups (broad SMARTS) is 1. The van der Waals surface area contributed by atoms with Gasteiger partial charge >= 0.3 is 18.1 Å². The zero-order valence-electron chi connectivity index (χ0n) is 20.6. The highest BCUT2D eigenvalue weighted by Gasteiger charge is 2.26. The number of rotatable bonds is 11. The van der Waals surface area contributed by atoms with Crippen LogP contribution in [-0.4, -0.2) is 29.8 Å². The number of hydrogen-bond donors (Lipinski definition) is 3. The van der Waals surface area contributed by atoms with Crippen molar-refractivity contribution in [1.29, 1.82) is 0 Å². The van der Waals surface area contributed by atoms with Gasteiger partial charge in [0.1, 0.15) is 5.75 Å². The molecule has 3 aromatic rings. The second kappa shape index (κ2) is 12.8. The summed E-state index contributed by atoms with van der Waals surface area (Å²) in [6.45, 7) is -0.333. The number of carbonyl (C=O) groups excluding carboxylic acids is 1. The maximum absolute atomic E-state index is 14.2. The van der Waals surface area contributed by atoms with Crippen molar-refractivity contribution in [3.63, 3.8) is 0 Å². The molecule has 0 atom stereocenters. The SMILES string of the molecule is Nc1ccc(CCC(=Cc2ccc(OC(=O)c3ccc(OCCCC(F)(F)F)c(F)c3)cc2)C(=O)O)c(N)c1. The van der Waals surface area contributed by atoms with Crippen molar-refractivity contribution in [3.05, 3.63) is 88.7 Å². The second-order valence-electron chi connectivity index (χ2n) is 8.60. The highest BCUT2D eigenvalue weighted by atomic mass is 19.4. The Kier molecular flexibility index (Phi) is 9.53. The highest BCUT2D eigenvalue weighted by molar-refractivity contribution is 5.92. The molecule has 0 saturated heterocycles. The molecule has 0 radical (unpaired) electrons. The van der Waals surface area contributed by atoms with E-state index in [-0.39, 0.29) is 42.1 Å². The summed E-state index contributed by atoms with van der Waals surface area (Å²) in [7, 11) is 0. The first-order valence-electron chi connectivity index (χ1n) is 11.8. The lowest BCUT2D eigenvalue weighted by Crippen LogP contribution is -2.11. The average molecular weight is 547 g/mol. The van der Waals surface area contributed by atoms with Gasteiger partial charge in [0.25, 0.3) is 0 Å². The van der Waals surface area contributed by atoms with Gasteiger partial charge in [-0.1, -0.05) is 18.2 Å². The molecule has 0 unspecified atom stereocenters. The Balaban J connectivity index is 1.59. The normalized spacial score (nSPS) is 11.7. The van der Waals surface area contributed by atoms with Crippen LogP contribution in [0.2, 0.25) is 0 Å². The van der Waals surface area contributed by atoms with Crippen molar-refractivity contribution in [2.24, 2.45) is 0 Å². The third-order valence-electron chi connectivity index (χ3n) is 5.57. The van der Waals surface area contributed by atoms with Crippen molar-refractivity contribution in [3.8, 4) is 11.5 Å². The molecule has 0 aliphatic rings. The first kappa shape index (κ1) is 29.0. The van der Waals surface area contributed by atoms with Gasteiger partial charge in [-0.3, -0.25) is 0 Å². The molecular formula is C28H26F4N2O5. The smallest absolute Gasteiger partial charge is 0.389 e. The molecule has 0 bridgehead atoms. The fourth-order valence-corrected chi connectivity index (χ4v) is 3.55. The molecule has 5 N–H and O–H groups in total. The molecule has 0 aromatic heterocycles. The lowest BCUT2D eigenvalue weighted by molar-refractivity contribution is -0.136. The van der Waals surface area contributed by atoms with Crippen LogP contribution in [-0.2, 0) is 11.2 Å². The fourth-order valence-electron chi connectivity index (χ4n) is 3.55. The number of hydrogen-bond acceptors (Lipinski definition) is 6. The third-order valence-corrected chi connectivity index (χ3v) is 5.57. The van der Waals surface area contributed by atoms with E-state index < -0.39 is 30.4 Å². The van der Waals surface area contributed by atoms with Crippen molar-refractivity contribution in [2.75, 3.05) is 18.1 Å². The van der Waals surface area contributed by atoms with Crippen molar-refractivity contribution in [1.82, 2.24) is 0 Å². The number of ether oxygens (including phenoxy) is 2. The Labute approximate surface area is 221 Å². The van der Waals surface area contributed by atoms with E-state index in [0.717, 1.165) is 17.7 Å². The summed E-state index contributed by atoms with van der Waals surface area (Å²) in [6, 6.07) is 14.3. The minimum Gasteiger partial charge on any atom is -0.491 e. The minimum absolute atomic E-state index is 0.130. The lowest BCUT2D eigenvalue weighted by Gasteiger charge is -2.10. The van der Waals surface area contributed by atoms with E-state index in [1.807, 2.05) is 0 Å². The zero-order valence-corrected chi connectivity index (χ0v) is 20.6. The average Bonchev–Trinajstić information content (AvgIpc) is 2.86. The Morgan fingerprint density at radius 3 is 2.31 bits per heavy atom. The summed E-state index contributed by atoms with van der Waals surface area (Å²) < 4.78 is 61.1. The number of alkyl halides is 3. The number of halogens is 4. The van der Waals surface area contributed by atoms with Gasteiger partial charge in [0.05, 0.1) is 12.2 Å². The number of esters is 1. The highest BCUT2D eigenvalue weighted by Crippen LogP contribution is 2.24. The molecule has 0 aliphatic heterocycles. The quantitative estimate of drug-likeness (QED) is 0.0670. The van der Waals surface area contributed by atoms with Crippen LogP contribution in [0.1, 0.15) is 40.7 Å². The fraction of sp³-hybridized carbons (Fsp3) is 0.214. The summed E-state index contributed by atoms with van der Waals surface area (Å²) in [4.78, 5) is 24.1.